The monoisotopic (exact) mass is 312 g/mol. The maximum atomic E-state index is 8.61. The Morgan fingerprint density at radius 2 is 1.72 bits per heavy atom. The molecule has 0 saturated heterocycles. The highest BCUT2D eigenvalue weighted by Crippen LogP contribution is 2.35. The van der Waals surface area contributed by atoms with E-state index in [9.17, 15) is 0 Å². The summed E-state index contributed by atoms with van der Waals surface area (Å²) in [6.07, 6.45) is 1.93. The number of unbranched alkanes of at least 4 members (excludes halogenated alkanes) is 1. The predicted molar refractivity (Wildman–Crippen MR) is 74.9 cm³/mol. The average Bonchev–Trinajstić information content (AvgIpc) is 2.30. The van der Waals surface area contributed by atoms with Crippen molar-refractivity contribution in [1.29, 1.82) is 0 Å². The summed E-state index contributed by atoms with van der Waals surface area (Å²) in [5.74, 6) is 0.488. The third kappa shape index (κ3) is 5.63. The number of rotatable bonds is 8. The highest BCUT2D eigenvalue weighted by molar-refractivity contribution is 6.40. The highest BCUT2D eigenvalue weighted by atomic mass is 35.5. The van der Waals surface area contributed by atoms with E-state index in [0.717, 1.165) is 25.9 Å². The molecule has 0 aliphatic heterocycles. The minimum atomic E-state index is 0.215. The molecule has 0 bridgehead atoms. The predicted octanol–water partition coefficient (Wildman–Crippen LogP) is 2.36. The summed E-state index contributed by atoms with van der Waals surface area (Å²) in [7, 11) is 0. The van der Waals surface area contributed by atoms with Crippen LogP contribution in [0.5, 0.6) is 5.75 Å². The molecule has 0 fully saturated rings. The number of aliphatic hydroxyl groups is 1. The molecule has 3 N–H and O–H groups in total. The molecule has 0 aromatic heterocycles. The Morgan fingerprint density at radius 3 is 2.33 bits per heavy atom. The number of hydrogen-bond donors (Lipinski definition) is 2. The summed E-state index contributed by atoms with van der Waals surface area (Å²) in [6.45, 7) is 2.50. The first kappa shape index (κ1) is 15.9. The van der Waals surface area contributed by atoms with Crippen molar-refractivity contribution in [3.05, 3.63) is 27.2 Å². The smallest absolute Gasteiger partial charge is 0.156 e. The zero-order chi connectivity index (χ0) is 13.4. The van der Waals surface area contributed by atoms with Gasteiger partial charge in [-0.2, -0.15) is 0 Å². The average molecular weight is 314 g/mol. The molecule has 0 saturated carbocycles. The van der Waals surface area contributed by atoms with Crippen molar-refractivity contribution in [3.8, 4) is 5.75 Å². The summed E-state index contributed by atoms with van der Waals surface area (Å²) in [4.78, 5) is 0. The lowest BCUT2D eigenvalue weighted by Gasteiger charge is -2.10. The van der Waals surface area contributed by atoms with E-state index < -0.39 is 0 Å². The van der Waals surface area contributed by atoms with E-state index in [1.165, 1.54) is 0 Å². The fourth-order valence-electron chi connectivity index (χ4n) is 1.47. The van der Waals surface area contributed by atoms with Gasteiger partial charge in [-0.25, -0.2) is 0 Å². The fraction of sp³-hybridized carbons (Fsp3) is 0.500. The van der Waals surface area contributed by atoms with Crippen molar-refractivity contribution >= 4 is 34.8 Å². The van der Waals surface area contributed by atoms with E-state index in [1.807, 2.05) is 0 Å². The van der Waals surface area contributed by atoms with Gasteiger partial charge >= 0.3 is 0 Å². The third-order valence-electron chi connectivity index (χ3n) is 2.35. The van der Waals surface area contributed by atoms with E-state index in [2.05, 4.69) is 5.32 Å². The lowest BCUT2D eigenvalue weighted by atomic mass is 10.3. The third-order valence-corrected chi connectivity index (χ3v) is 3.12. The minimum absolute atomic E-state index is 0.215. The highest BCUT2D eigenvalue weighted by Gasteiger charge is 2.08. The summed E-state index contributed by atoms with van der Waals surface area (Å²) >= 11 is 17.8. The number of hydrogen-bond acceptors (Lipinski definition) is 2. The summed E-state index contributed by atoms with van der Waals surface area (Å²) in [5.41, 5.74) is 0. The van der Waals surface area contributed by atoms with Crippen LogP contribution in [0.4, 0.5) is 0 Å². The van der Waals surface area contributed by atoms with Crippen molar-refractivity contribution in [2.75, 3.05) is 26.3 Å². The minimum Gasteiger partial charge on any atom is -0.490 e. The van der Waals surface area contributed by atoms with Crippen LogP contribution in [0.15, 0.2) is 12.1 Å². The number of benzene rings is 1. The van der Waals surface area contributed by atoms with E-state index in [1.54, 1.807) is 12.1 Å². The van der Waals surface area contributed by atoms with Crippen LogP contribution in [-0.4, -0.2) is 31.4 Å². The van der Waals surface area contributed by atoms with Crippen molar-refractivity contribution < 1.29 is 15.2 Å². The first-order valence-electron chi connectivity index (χ1n) is 5.85. The summed E-state index contributed by atoms with van der Waals surface area (Å²) in [6, 6.07) is 3.22. The molecule has 18 heavy (non-hydrogen) atoms. The quantitative estimate of drug-likeness (QED) is 0.724. The SMILES string of the molecule is OCC[NH2+]CCCCOc1c(Cl)cc(Cl)cc1Cl. The van der Waals surface area contributed by atoms with Crippen molar-refractivity contribution in [1.82, 2.24) is 0 Å². The van der Waals surface area contributed by atoms with Crippen LogP contribution in [0.25, 0.3) is 0 Å². The summed E-state index contributed by atoms with van der Waals surface area (Å²) in [5, 5.41) is 12.0. The molecule has 0 amide bonds. The molecule has 0 atom stereocenters. The number of quaternary nitrogens is 1. The molecule has 0 radical (unpaired) electrons. The van der Waals surface area contributed by atoms with E-state index in [-0.39, 0.29) is 6.61 Å². The van der Waals surface area contributed by atoms with Gasteiger partial charge in [0.1, 0.15) is 0 Å². The zero-order valence-corrected chi connectivity index (χ0v) is 12.2. The Labute approximate surface area is 122 Å². The Kier molecular flexibility index (Phi) is 7.79. The second kappa shape index (κ2) is 8.83. The molecular weight excluding hydrogens is 296 g/mol. The molecule has 6 heteroatoms. The topological polar surface area (TPSA) is 46.1 Å². The van der Waals surface area contributed by atoms with Crippen LogP contribution in [-0.2, 0) is 0 Å². The molecule has 1 rings (SSSR count). The molecule has 0 unspecified atom stereocenters. The van der Waals surface area contributed by atoms with Gasteiger partial charge in [-0.05, 0) is 25.0 Å². The first-order valence-corrected chi connectivity index (χ1v) is 6.98. The Bertz CT molecular complexity index is 351. The van der Waals surface area contributed by atoms with Gasteiger partial charge in [-0.3, -0.25) is 0 Å². The molecule has 0 spiro atoms. The standard InChI is InChI=1S/C12H16Cl3NO2/c13-9-7-10(14)12(11(15)8-9)18-6-2-1-3-16-4-5-17/h7-8,16-17H,1-6H2/p+1. The maximum absolute atomic E-state index is 8.61. The Hall–Kier alpha value is -0.190. The maximum Gasteiger partial charge on any atom is 0.156 e. The molecule has 3 nitrogen and oxygen atoms in total. The molecule has 0 heterocycles. The van der Waals surface area contributed by atoms with Gasteiger partial charge in [-0.15, -0.1) is 0 Å². The first-order chi connectivity index (χ1) is 8.65. The largest absolute Gasteiger partial charge is 0.490 e. The lowest BCUT2D eigenvalue weighted by molar-refractivity contribution is -0.656. The van der Waals surface area contributed by atoms with E-state index in [4.69, 9.17) is 44.6 Å². The molecule has 1 aromatic rings. The van der Waals surface area contributed by atoms with E-state index in [0.29, 0.717) is 27.4 Å². The van der Waals surface area contributed by atoms with Gasteiger partial charge in [0.05, 0.1) is 36.3 Å². The Morgan fingerprint density at radius 1 is 1.06 bits per heavy atom. The normalized spacial score (nSPS) is 10.7. The van der Waals surface area contributed by atoms with Crippen molar-refractivity contribution in [2.24, 2.45) is 0 Å². The van der Waals surface area contributed by atoms with Gasteiger partial charge in [0.2, 0.25) is 0 Å². The number of aliphatic hydroxyl groups excluding tert-OH is 1. The Balaban J connectivity index is 2.27. The van der Waals surface area contributed by atoms with Crippen molar-refractivity contribution in [3.63, 3.8) is 0 Å². The van der Waals surface area contributed by atoms with Crippen LogP contribution in [0.3, 0.4) is 0 Å². The van der Waals surface area contributed by atoms with Gasteiger partial charge in [0.15, 0.2) is 5.75 Å². The van der Waals surface area contributed by atoms with Gasteiger partial charge in [0, 0.05) is 5.02 Å². The molecule has 0 aliphatic rings. The second-order valence-corrected chi connectivity index (χ2v) is 5.09. The summed E-state index contributed by atoms with van der Waals surface area (Å²) < 4.78 is 5.54. The van der Waals surface area contributed by atoms with Crippen molar-refractivity contribution in [2.45, 2.75) is 12.8 Å². The molecular formula is C12H17Cl3NO2+. The number of nitrogens with two attached hydrogens (primary N) is 1. The fourth-order valence-corrected chi connectivity index (χ4v) is 2.39. The number of ether oxygens (including phenoxy) is 1. The lowest BCUT2D eigenvalue weighted by Crippen LogP contribution is -2.85. The van der Waals surface area contributed by atoms with Crippen LogP contribution in [0, 0.1) is 0 Å². The zero-order valence-electron chi connectivity index (χ0n) is 9.96. The van der Waals surface area contributed by atoms with Gasteiger partial charge < -0.3 is 15.2 Å². The molecule has 102 valence electrons. The molecule has 1 aromatic carbocycles. The number of halogens is 3. The van der Waals surface area contributed by atoms with Gasteiger partial charge in [-0.1, -0.05) is 34.8 Å². The van der Waals surface area contributed by atoms with E-state index >= 15 is 0 Å². The van der Waals surface area contributed by atoms with Gasteiger partial charge in [0.25, 0.3) is 0 Å². The second-order valence-electron chi connectivity index (χ2n) is 3.84. The molecule has 0 aliphatic carbocycles. The van der Waals surface area contributed by atoms with Crippen LogP contribution < -0.4 is 10.1 Å². The van der Waals surface area contributed by atoms with Crippen LogP contribution >= 0.6 is 34.8 Å². The van der Waals surface area contributed by atoms with Crippen LogP contribution in [0.2, 0.25) is 15.1 Å². The van der Waals surface area contributed by atoms with Crippen LogP contribution in [0.1, 0.15) is 12.8 Å².